The SMILES string of the molecule is COc1ncccc1CNc1ncnc2sc3c(c12)CCCCC3. The smallest absolute Gasteiger partial charge is 0.218 e. The first-order valence-corrected chi connectivity index (χ1v) is 9.15. The van der Waals surface area contributed by atoms with Crippen molar-refractivity contribution in [2.75, 3.05) is 12.4 Å². The first-order chi connectivity index (χ1) is 11.9. The zero-order valence-corrected chi connectivity index (χ0v) is 14.5. The fourth-order valence-electron chi connectivity index (χ4n) is 3.32. The molecule has 3 aromatic heterocycles. The van der Waals surface area contributed by atoms with E-state index in [-0.39, 0.29) is 0 Å². The summed E-state index contributed by atoms with van der Waals surface area (Å²) in [5, 5.41) is 4.68. The lowest BCUT2D eigenvalue weighted by Crippen LogP contribution is -2.05. The van der Waals surface area contributed by atoms with Crippen molar-refractivity contribution in [2.24, 2.45) is 0 Å². The Labute approximate surface area is 145 Å². The Morgan fingerprint density at radius 2 is 2.08 bits per heavy atom. The zero-order chi connectivity index (χ0) is 16.4. The maximum Gasteiger partial charge on any atom is 0.218 e. The van der Waals surface area contributed by atoms with Gasteiger partial charge in [-0.05, 0) is 37.3 Å². The maximum absolute atomic E-state index is 5.33. The first kappa shape index (κ1) is 15.3. The van der Waals surface area contributed by atoms with Gasteiger partial charge in [0.25, 0.3) is 0 Å². The van der Waals surface area contributed by atoms with Crippen molar-refractivity contribution in [3.05, 3.63) is 40.7 Å². The predicted octanol–water partition coefficient (Wildman–Crippen LogP) is 3.98. The van der Waals surface area contributed by atoms with E-state index in [9.17, 15) is 0 Å². The van der Waals surface area contributed by atoms with E-state index in [1.165, 1.54) is 41.5 Å². The minimum Gasteiger partial charge on any atom is -0.481 e. The van der Waals surface area contributed by atoms with Crippen molar-refractivity contribution in [1.29, 1.82) is 0 Å². The normalized spacial score (nSPS) is 14.2. The van der Waals surface area contributed by atoms with Crippen molar-refractivity contribution in [3.8, 4) is 5.88 Å². The Morgan fingerprint density at radius 3 is 3.00 bits per heavy atom. The molecular weight excluding hydrogens is 320 g/mol. The van der Waals surface area contributed by atoms with Crippen LogP contribution in [0.4, 0.5) is 5.82 Å². The molecule has 0 aliphatic heterocycles. The molecule has 1 N–H and O–H groups in total. The van der Waals surface area contributed by atoms with Gasteiger partial charge in [-0.3, -0.25) is 0 Å². The molecule has 0 aromatic carbocycles. The molecule has 124 valence electrons. The van der Waals surface area contributed by atoms with Gasteiger partial charge in [-0.2, -0.15) is 0 Å². The number of aryl methyl sites for hydroxylation is 2. The quantitative estimate of drug-likeness (QED) is 0.728. The number of ether oxygens (including phenoxy) is 1. The van der Waals surface area contributed by atoms with E-state index < -0.39 is 0 Å². The second kappa shape index (κ2) is 6.73. The van der Waals surface area contributed by atoms with Crippen molar-refractivity contribution in [2.45, 2.75) is 38.6 Å². The Hall–Kier alpha value is -2.21. The standard InChI is InChI=1S/C18H20N4OS/c1-23-17-12(6-5-9-19-17)10-20-16-15-13-7-3-2-4-8-14(13)24-18(15)22-11-21-16/h5-6,9,11H,2-4,7-8,10H2,1H3,(H,20,21,22). The monoisotopic (exact) mass is 340 g/mol. The van der Waals surface area contributed by atoms with Gasteiger partial charge in [0.05, 0.1) is 12.5 Å². The Morgan fingerprint density at radius 1 is 1.17 bits per heavy atom. The summed E-state index contributed by atoms with van der Waals surface area (Å²) in [5.41, 5.74) is 2.47. The van der Waals surface area contributed by atoms with Gasteiger partial charge in [0, 0.05) is 23.2 Å². The van der Waals surface area contributed by atoms with Gasteiger partial charge in [-0.25, -0.2) is 15.0 Å². The lowest BCUT2D eigenvalue weighted by molar-refractivity contribution is 0.393. The highest BCUT2D eigenvalue weighted by atomic mass is 32.1. The summed E-state index contributed by atoms with van der Waals surface area (Å²) in [6, 6.07) is 3.94. The summed E-state index contributed by atoms with van der Waals surface area (Å²) >= 11 is 1.83. The molecule has 24 heavy (non-hydrogen) atoms. The third-order valence-electron chi connectivity index (χ3n) is 4.49. The molecule has 3 aromatic rings. The Bertz CT molecular complexity index is 861. The molecule has 0 saturated heterocycles. The van der Waals surface area contributed by atoms with Crippen LogP contribution < -0.4 is 10.1 Å². The van der Waals surface area contributed by atoms with E-state index in [2.05, 4.69) is 20.3 Å². The van der Waals surface area contributed by atoms with Crippen LogP contribution in [0.2, 0.25) is 0 Å². The number of thiophene rings is 1. The number of fused-ring (bicyclic) bond motifs is 3. The lowest BCUT2D eigenvalue weighted by atomic mass is 10.1. The second-order valence-electron chi connectivity index (χ2n) is 5.99. The molecule has 0 fully saturated rings. The molecule has 0 atom stereocenters. The number of nitrogens with one attached hydrogen (secondary N) is 1. The van der Waals surface area contributed by atoms with Crippen molar-refractivity contribution in [1.82, 2.24) is 15.0 Å². The number of hydrogen-bond acceptors (Lipinski definition) is 6. The van der Waals surface area contributed by atoms with Gasteiger partial charge >= 0.3 is 0 Å². The van der Waals surface area contributed by atoms with Crippen LogP contribution in [0.1, 0.15) is 35.3 Å². The molecule has 0 unspecified atom stereocenters. The minimum atomic E-state index is 0.633. The molecule has 6 heteroatoms. The van der Waals surface area contributed by atoms with E-state index in [1.807, 2.05) is 23.5 Å². The summed E-state index contributed by atoms with van der Waals surface area (Å²) in [6.45, 7) is 0.633. The number of anilines is 1. The van der Waals surface area contributed by atoms with Crippen LogP contribution in [0.15, 0.2) is 24.7 Å². The molecule has 1 aliphatic rings. The third kappa shape index (κ3) is 2.82. The molecule has 0 amide bonds. The second-order valence-corrected chi connectivity index (χ2v) is 7.08. The van der Waals surface area contributed by atoms with E-state index in [0.717, 1.165) is 22.6 Å². The molecule has 0 saturated carbocycles. The summed E-state index contributed by atoms with van der Waals surface area (Å²) in [7, 11) is 1.65. The highest BCUT2D eigenvalue weighted by molar-refractivity contribution is 7.18. The maximum atomic E-state index is 5.33. The molecule has 3 heterocycles. The Balaban J connectivity index is 1.68. The highest BCUT2D eigenvalue weighted by Gasteiger charge is 2.19. The number of methoxy groups -OCH3 is 1. The average Bonchev–Trinajstić information content (AvgIpc) is 2.82. The summed E-state index contributed by atoms with van der Waals surface area (Å²) in [4.78, 5) is 15.8. The van der Waals surface area contributed by atoms with Gasteiger partial charge in [0.15, 0.2) is 0 Å². The van der Waals surface area contributed by atoms with Gasteiger partial charge in [0.2, 0.25) is 5.88 Å². The van der Waals surface area contributed by atoms with Crippen LogP contribution >= 0.6 is 11.3 Å². The molecule has 0 bridgehead atoms. The fourth-order valence-corrected chi connectivity index (χ4v) is 4.55. The van der Waals surface area contributed by atoms with Gasteiger partial charge in [0.1, 0.15) is 17.0 Å². The molecule has 5 nitrogen and oxygen atoms in total. The van der Waals surface area contributed by atoms with E-state index >= 15 is 0 Å². The molecule has 0 radical (unpaired) electrons. The number of aromatic nitrogens is 3. The van der Waals surface area contributed by atoms with Crippen molar-refractivity contribution < 1.29 is 4.74 Å². The minimum absolute atomic E-state index is 0.633. The van der Waals surface area contributed by atoms with Gasteiger partial charge in [-0.1, -0.05) is 12.5 Å². The Kier molecular flexibility index (Phi) is 4.30. The van der Waals surface area contributed by atoms with Crippen LogP contribution in [-0.2, 0) is 19.4 Å². The van der Waals surface area contributed by atoms with Crippen LogP contribution in [-0.4, -0.2) is 22.1 Å². The average molecular weight is 340 g/mol. The van der Waals surface area contributed by atoms with E-state index in [1.54, 1.807) is 19.6 Å². The fraction of sp³-hybridized carbons (Fsp3) is 0.389. The summed E-state index contributed by atoms with van der Waals surface area (Å²) in [5.74, 6) is 1.57. The number of pyridine rings is 1. The number of hydrogen-bond donors (Lipinski definition) is 1. The highest BCUT2D eigenvalue weighted by Crippen LogP contribution is 2.37. The van der Waals surface area contributed by atoms with Crippen LogP contribution in [0.25, 0.3) is 10.2 Å². The van der Waals surface area contributed by atoms with Crippen LogP contribution in [0.5, 0.6) is 5.88 Å². The largest absolute Gasteiger partial charge is 0.481 e. The third-order valence-corrected chi connectivity index (χ3v) is 5.69. The van der Waals surface area contributed by atoms with Crippen LogP contribution in [0, 0.1) is 0 Å². The van der Waals surface area contributed by atoms with Crippen molar-refractivity contribution in [3.63, 3.8) is 0 Å². The molecule has 1 aliphatic carbocycles. The van der Waals surface area contributed by atoms with Gasteiger partial charge in [-0.15, -0.1) is 11.3 Å². The number of rotatable bonds is 4. The molecule has 0 spiro atoms. The molecule has 4 rings (SSSR count). The van der Waals surface area contributed by atoms with E-state index in [4.69, 9.17) is 4.74 Å². The van der Waals surface area contributed by atoms with Gasteiger partial charge < -0.3 is 10.1 Å². The first-order valence-electron chi connectivity index (χ1n) is 8.34. The van der Waals surface area contributed by atoms with Crippen LogP contribution in [0.3, 0.4) is 0 Å². The molecular formula is C18H20N4OS. The lowest BCUT2D eigenvalue weighted by Gasteiger charge is -2.10. The van der Waals surface area contributed by atoms with Crippen molar-refractivity contribution >= 4 is 27.4 Å². The van der Waals surface area contributed by atoms with E-state index in [0.29, 0.717) is 12.4 Å². The number of nitrogens with zero attached hydrogens (tertiary/aromatic N) is 3. The topological polar surface area (TPSA) is 59.9 Å². The summed E-state index contributed by atoms with van der Waals surface area (Å²) < 4.78 is 5.33. The predicted molar refractivity (Wildman–Crippen MR) is 96.8 cm³/mol. The summed E-state index contributed by atoms with van der Waals surface area (Å²) in [6.07, 6.45) is 9.55. The zero-order valence-electron chi connectivity index (χ0n) is 13.7.